The van der Waals surface area contributed by atoms with Gasteiger partial charge in [0.05, 0.1) is 6.20 Å². The minimum Gasteiger partial charge on any atom is -0.332 e. The molecule has 0 spiro atoms. The minimum atomic E-state index is -3.46. The molecule has 1 heterocycles. The van der Waals surface area contributed by atoms with Crippen molar-refractivity contribution < 1.29 is 8.42 Å². The number of aromatic amines is 1. The summed E-state index contributed by atoms with van der Waals surface area (Å²) in [7, 11) is -3.46. The van der Waals surface area contributed by atoms with Crippen molar-refractivity contribution in [3.05, 3.63) is 12.0 Å². The standard InChI is InChI=1S/C9H14ClN3O2S/c1-2-8-11-5-9(12-8)16(14,15)13-7-3-6(10)4-7/h5-7,13H,2-4H2,1H3,(H,11,12). The second-order valence-corrected chi connectivity index (χ2v) is 6.23. The molecule has 0 aromatic carbocycles. The number of alkyl halides is 1. The molecular formula is C9H14ClN3O2S. The van der Waals surface area contributed by atoms with E-state index in [1.54, 1.807) is 0 Å². The molecule has 1 saturated carbocycles. The molecule has 1 aromatic heterocycles. The Balaban J connectivity index is 2.06. The number of nitrogens with zero attached hydrogens (tertiary/aromatic N) is 1. The maximum atomic E-state index is 11.8. The van der Waals surface area contributed by atoms with Crippen molar-refractivity contribution in [1.82, 2.24) is 14.7 Å². The van der Waals surface area contributed by atoms with Crippen LogP contribution >= 0.6 is 11.6 Å². The molecule has 90 valence electrons. The molecule has 0 aliphatic heterocycles. The Morgan fingerprint density at radius 3 is 2.81 bits per heavy atom. The van der Waals surface area contributed by atoms with E-state index in [0.717, 1.165) is 0 Å². The van der Waals surface area contributed by atoms with E-state index in [9.17, 15) is 8.42 Å². The lowest BCUT2D eigenvalue weighted by atomic mass is 9.94. The molecule has 0 bridgehead atoms. The summed E-state index contributed by atoms with van der Waals surface area (Å²) in [5.41, 5.74) is 0. The van der Waals surface area contributed by atoms with Crippen molar-refractivity contribution in [2.75, 3.05) is 0 Å². The van der Waals surface area contributed by atoms with E-state index in [1.807, 2.05) is 6.92 Å². The number of H-pyrrole nitrogens is 1. The van der Waals surface area contributed by atoms with E-state index < -0.39 is 10.0 Å². The van der Waals surface area contributed by atoms with Crippen LogP contribution in [0.3, 0.4) is 0 Å². The fourth-order valence-corrected chi connectivity index (χ4v) is 3.22. The third-order valence-electron chi connectivity index (χ3n) is 2.63. The number of aromatic nitrogens is 2. The lowest BCUT2D eigenvalue weighted by Crippen LogP contribution is -2.44. The molecule has 0 atom stereocenters. The van der Waals surface area contributed by atoms with E-state index in [4.69, 9.17) is 11.6 Å². The van der Waals surface area contributed by atoms with Gasteiger partial charge in [-0.15, -0.1) is 11.6 Å². The summed E-state index contributed by atoms with van der Waals surface area (Å²) in [6, 6.07) is -0.0409. The summed E-state index contributed by atoms with van der Waals surface area (Å²) in [4.78, 5) is 6.74. The van der Waals surface area contributed by atoms with Crippen molar-refractivity contribution in [2.45, 2.75) is 42.6 Å². The predicted octanol–water partition coefficient (Wildman–Crippen LogP) is 1.02. The predicted molar refractivity (Wildman–Crippen MR) is 61.0 cm³/mol. The van der Waals surface area contributed by atoms with Crippen LogP contribution in [0.15, 0.2) is 11.2 Å². The van der Waals surface area contributed by atoms with Crippen LogP contribution in [0.4, 0.5) is 0 Å². The number of hydrogen-bond donors (Lipinski definition) is 2. The minimum absolute atomic E-state index is 0.0409. The Kier molecular flexibility index (Phi) is 3.23. The number of halogens is 1. The third kappa shape index (κ3) is 2.39. The number of aryl methyl sites for hydroxylation is 1. The third-order valence-corrected chi connectivity index (χ3v) is 4.42. The summed E-state index contributed by atoms with van der Waals surface area (Å²) in [5.74, 6) is 0.671. The largest absolute Gasteiger partial charge is 0.332 e. The molecule has 2 rings (SSSR count). The average Bonchev–Trinajstić information content (AvgIpc) is 2.63. The molecule has 0 unspecified atom stereocenters. The van der Waals surface area contributed by atoms with Crippen LogP contribution in [-0.4, -0.2) is 29.8 Å². The van der Waals surface area contributed by atoms with Gasteiger partial charge in [-0.1, -0.05) is 6.92 Å². The van der Waals surface area contributed by atoms with Gasteiger partial charge in [-0.2, -0.15) is 0 Å². The number of imidazole rings is 1. The van der Waals surface area contributed by atoms with E-state index in [1.165, 1.54) is 6.20 Å². The van der Waals surface area contributed by atoms with E-state index in [2.05, 4.69) is 14.7 Å². The van der Waals surface area contributed by atoms with Gasteiger partial charge in [-0.3, -0.25) is 0 Å². The number of hydrogen-bond acceptors (Lipinski definition) is 3. The molecule has 0 amide bonds. The number of sulfonamides is 1. The molecule has 1 aliphatic carbocycles. The molecule has 1 aliphatic rings. The van der Waals surface area contributed by atoms with Gasteiger partial charge in [0, 0.05) is 17.8 Å². The van der Waals surface area contributed by atoms with E-state index >= 15 is 0 Å². The van der Waals surface area contributed by atoms with Crippen LogP contribution in [0.25, 0.3) is 0 Å². The fraction of sp³-hybridized carbons (Fsp3) is 0.667. The quantitative estimate of drug-likeness (QED) is 0.797. The highest BCUT2D eigenvalue weighted by atomic mass is 35.5. The first kappa shape index (κ1) is 11.9. The summed E-state index contributed by atoms with van der Waals surface area (Å²) in [6.07, 6.45) is 3.41. The molecule has 7 heteroatoms. The van der Waals surface area contributed by atoms with Gasteiger partial charge >= 0.3 is 0 Å². The van der Waals surface area contributed by atoms with Crippen molar-refractivity contribution in [3.63, 3.8) is 0 Å². The molecule has 1 fully saturated rings. The van der Waals surface area contributed by atoms with Crippen LogP contribution < -0.4 is 4.72 Å². The van der Waals surface area contributed by atoms with Crippen molar-refractivity contribution in [2.24, 2.45) is 0 Å². The van der Waals surface area contributed by atoms with Gasteiger partial charge in [0.15, 0.2) is 5.03 Å². The highest BCUT2D eigenvalue weighted by molar-refractivity contribution is 7.89. The van der Waals surface area contributed by atoms with E-state index in [-0.39, 0.29) is 16.4 Å². The van der Waals surface area contributed by atoms with Crippen LogP contribution in [-0.2, 0) is 16.4 Å². The topological polar surface area (TPSA) is 74.8 Å². The first-order valence-corrected chi connectivity index (χ1v) is 7.13. The average molecular weight is 264 g/mol. The number of rotatable bonds is 4. The normalized spacial score (nSPS) is 25.4. The monoisotopic (exact) mass is 263 g/mol. The first-order valence-electron chi connectivity index (χ1n) is 5.21. The highest BCUT2D eigenvalue weighted by Crippen LogP contribution is 2.26. The van der Waals surface area contributed by atoms with Crippen molar-refractivity contribution in [1.29, 1.82) is 0 Å². The maximum absolute atomic E-state index is 11.8. The lowest BCUT2D eigenvalue weighted by molar-refractivity contribution is 0.391. The van der Waals surface area contributed by atoms with Gasteiger partial charge < -0.3 is 4.98 Å². The fourth-order valence-electron chi connectivity index (χ4n) is 1.59. The Morgan fingerprint density at radius 2 is 2.31 bits per heavy atom. The SMILES string of the molecule is CCc1ncc(S(=O)(=O)NC2CC(Cl)C2)[nH]1. The molecule has 5 nitrogen and oxygen atoms in total. The molecule has 16 heavy (non-hydrogen) atoms. The van der Waals surface area contributed by atoms with Gasteiger partial charge in [-0.25, -0.2) is 18.1 Å². The second kappa shape index (κ2) is 4.35. The zero-order chi connectivity index (χ0) is 11.8. The summed E-state index contributed by atoms with van der Waals surface area (Å²) in [6.45, 7) is 1.91. The number of nitrogens with one attached hydrogen (secondary N) is 2. The van der Waals surface area contributed by atoms with Gasteiger partial charge in [0.25, 0.3) is 10.0 Å². The highest BCUT2D eigenvalue weighted by Gasteiger charge is 2.31. The molecule has 2 N–H and O–H groups in total. The van der Waals surface area contributed by atoms with Gasteiger partial charge in [-0.05, 0) is 12.8 Å². The van der Waals surface area contributed by atoms with Crippen LogP contribution in [0, 0.1) is 0 Å². The molecule has 1 aromatic rings. The van der Waals surface area contributed by atoms with Gasteiger partial charge in [0.2, 0.25) is 0 Å². The van der Waals surface area contributed by atoms with Crippen molar-refractivity contribution >= 4 is 21.6 Å². The van der Waals surface area contributed by atoms with Crippen LogP contribution in [0.1, 0.15) is 25.6 Å². The Morgan fingerprint density at radius 1 is 1.62 bits per heavy atom. The second-order valence-electron chi connectivity index (χ2n) is 3.93. The Labute approximate surface area is 99.7 Å². The van der Waals surface area contributed by atoms with Crippen molar-refractivity contribution in [3.8, 4) is 0 Å². The summed E-state index contributed by atoms with van der Waals surface area (Å²) in [5, 5.41) is 0.225. The zero-order valence-corrected chi connectivity index (χ0v) is 10.5. The zero-order valence-electron chi connectivity index (χ0n) is 8.90. The molecule has 0 radical (unpaired) electrons. The molecule has 0 saturated heterocycles. The Hall–Kier alpha value is -0.590. The molecular weight excluding hydrogens is 250 g/mol. The first-order chi connectivity index (χ1) is 7.51. The smallest absolute Gasteiger partial charge is 0.257 e. The summed E-state index contributed by atoms with van der Waals surface area (Å²) < 4.78 is 26.3. The Bertz CT molecular complexity index is 465. The maximum Gasteiger partial charge on any atom is 0.257 e. The summed E-state index contributed by atoms with van der Waals surface area (Å²) >= 11 is 5.79. The van der Waals surface area contributed by atoms with E-state index in [0.29, 0.717) is 25.1 Å². The lowest BCUT2D eigenvalue weighted by Gasteiger charge is -2.30. The van der Waals surface area contributed by atoms with Crippen LogP contribution in [0.2, 0.25) is 0 Å². The van der Waals surface area contributed by atoms with Crippen LogP contribution in [0.5, 0.6) is 0 Å². The van der Waals surface area contributed by atoms with Gasteiger partial charge in [0.1, 0.15) is 5.82 Å².